The van der Waals surface area contributed by atoms with Crippen LogP contribution in [0.15, 0.2) is 18.2 Å². The summed E-state index contributed by atoms with van der Waals surface area (Å²) in [6.07, 6.45) is 0.927. The van der Waals surface area contributed by atoms with E-state index in [9.17, 15) is 13.2 Å². The van der Waals surface area contributed by atoms with Gasteiger partial charge in [0.2, 0.25) is 10.0 Å². The van der Waals surface area contributed by atoms with Gasteiger partial charge in [0, 0.05) is 5.56 Å². The molecule has 7 nitrogen and oxygen atoms in total. The van der Waals surface area contributed by atoms with Gasteiger partial charge in [-0.2, -0.15) is 0 Å². The number of aromatic nitrogens is 1. The topological polar surface area (TPSA) is 94.6 Å². The number of thiazole rings is 1. The molecule has 2 aromatic rings. The number of carbonyl (C=O) groups is 1. The second-order valence-corrected chi connectivity index (χ2v) is 7.45. The molecule has 0 aliphatic carbocycles. The van der Waals surface area contributed by atoms with Crippen LogP contribution in [0.3, 0.4) is 0 Å². The van der Waals surface area contributed by atoms with Gasteiger partial charge in [0.05, 0.1) is 26.2 Å². The smallest absolute Gasteiger partial charge is 0.276 e. The van der Waals surface area contributed by atoms with Crippen LogP contribution in [-0.2, 0) is 10.0 Å². The lowest BCUT2D eigenvalue weighted by Crippen LogP contribution is -2.29. The fraction of sp³-hybridized carbons (Fsp3) is 0.286. The monoisotopic (exact) mass is 356 g/mol. The minimum Gasteiger partial charge on any atom is -0.493 e. The zero-order chi connectivity index (χ0) is 17.2. The zero-order valence-electron chi connectivity index (χ0n) is 13.0. The summed E-state index contributed by atoms with van der Waals surface area (Å²) in [4.78, 5) is 16.6. The Morgan fingerprint density at radius 3 is 2.43 bits per heavy atom. The number of benzene rings is 1. The summed E-state index contributed by atoms with van der Waals surface area (Å²) >= 11 is 1.11. The first-order valence-electron chi connectivity index (χ1n) is 6.47. The van der Waals surface area contributed by atoms with Crippen molar-refractivity contribution in [2.75, 3.05) is 20.5 Å². The maximum atomic E-state index is 12.0. The molecule has 1 aromatic carbocycles. The van der Waals surface area contributed by atoms with Crippen LogP contribution in [0.1, 0.15) is 15.4 Å². The Balaban J connectivity index is 2.39. The lowest BCUT2D eigenvalue weighted by Gasteiger charge is -2.08. The molecule has 2 rings (SSSR count). The van der Waals surface area contributed by atoms with E-state index >= 15 is 0 Å². The maximum absolute atomic E-state index is 12.0. The summed E-state index contributed by atoms with van der Waals surface area (Å²) in [7, 11) is -0.553. The number of hydrogen-bond acceptors (Lipinski definition) is 7. The predicted molar refractivity (Wildman–Crippen MR) is 87.7 cm³/mol. The number of hydrogen-bond donors (Lipinski definition) is 1. The van der Waals surface area contributed by atoms with Gasteiger partial charge >= 0.3 is 0 Å². The van der Waals surface area contributed by atoms with Gasteiger partial charge in [0.1, 0.15) is 9.88 Å². The van der Waals surface area contributed by atoms with Gasteiger partial charge in [0.15, 0.2) is 11.5 Å². The first-order valence-corrected chi connectivity index (χ1v) is 9.18. The highest BCUT2D eigenvalue weighted by Gasteiger charge is 2.19. The molecule has 0 unspecified atom stereocenters. The molecule has 0 radical (unpaired) electrons. The molecule has 1 heterocycles. The van der Waals surface area contributed by atoms with Gasteiger partial charge in [-0.3, -0.25) is 4.79 Å². The van der Waals surface area contributed by atoms with E-state index in [-0.39, 0.29) is 4.88 Å². The molecule has 0 fully saturated rings. The highest BCUT2D eigenvalue weighted by atomic mass is 32.2. The molecular formula is C14H16N2O5S2. The van der Waals surface area contributed by atoms with Gasteiger partial charge in [0.25, 0.3) is 5.91 Å². The third-order valence-corrected chi connectivity index (χ3v) is 4.67. The Morgan fingerprint density at radius 1 is 1.22 bits per heavy atom. The molecular weight excluding hydrogens is 340 g/mol. The van der Waals surface area contributed by atoms with Crippen molar-refractivity contribution in [3.05, 3.63) is 28.8 Å². The Hall–Kier alpha value is -2.13. The second kappa shape index (κ2) is 6.55. The van der Waals surface area contributed by atoms with Gasteiger partial charge in [-0.25, -0.2) is 18.1 Å². The minimum atomic E-state index is -3.62. The van der Waals surface area contributed by atoms with Gasteiger partial charge in [-0.05, 0) is 25.1 Å². The molecule has 0 saturated heterocycles. The van der Waals surface area contributed by atoms with Crippen LogP contribution in [-0.4, -0.2) is 39.8 Å². The number of sulfonamides is 1. The first kappa shape index (κ1) is 17.2. The number of amides is 1. The van der Waals surface area contributed by atoms with Crippen molar-refractivity contribution in [2.45, 2.75) is 6.92 Å². The zero-order valence-corrected chi connectivity index (χ0v) is 14.7. The van der Waals surface area contributed by atoms with Crippen molar-refractivity contribution in [3.8, 4) is 22.1 Å². The van der Waals surface area contributed by atoms with E-state index in [1.54, 1.807) is 32.2 Å². The highest BCUT2D eigenvalue weighted by Crippen LogP contribution is 2.34. The van der Waals surface area contributed by atoms with Gasteiger partial charge < -0.3 is 9.47 Å². The summed E-state index contributed by atoms with van der Waals surface area (Å²) in [5.41, 5.74) is 1.20. The molecule has 0 saturated carbocycles. The summed E-state index contributed by atoms with van der Waals surface area (Å²) < 4.78 is 34.7. The van der Waals surface area contributed by atoms with E-state index in [0.29, 0.717) is 22.2 Å². The fourth-order valence-electron chi connectivity index (χ4n) is 1.91. The number of nitrogens with zero attached hydrogens (tertiary/aromatic N) is 1. The number of aryl methyl sites for hydroxylation is 1. The normalized spacial score (nSPS) is 11.1. The standard InChI is InChI=1S/C14H16N2O5S2/c1-8-12(13(17)16-23(4,18)19)22-14(15-8)9-5-6-10(20-2)11(7-9)21-3/h5-7H,1-4H3,(H,16,17). The van der Waals surface area contributed by atoms with Gasteiger partial charge in [-0.15, -0.1) is 11.3 Å². The molecule has 0 spiro atoms. The third-order valence-electron chi connectivity index (χ3n) is 2.91. The quantitative estimate of drug-likeness (QED) is 0.878. The first-order chi connectivity index (χ1) is 10.7. The minimum absolute atomic E-state index is 0.250. The van der Waals surface area contributed by atoms with E-state index in [1.807, 2.05) is 4.72 Å². The van der Waals surface area contributed by atoms with Crippen LogP contribution in [0.25, 0.3) is 10.6 Å². The Labute approximate surface area is 138 Å². The van der Waals surface area contributed by atoms with Crippen LogP contribution in [0.5, 0.6) is 11.5 Å². The number of ether oxygens (including phenoxy) is 2. The average Bonchev–Trinajstić information content (AvgIpc) is 2.87. The Morgan fingerprint density at radius 2 is 1.87 bits per heavy atom. The van der Waals surface area contributed by atoms with Crippen molar-refractivity contribution in [3.63, 3.8) is 0 Å². The van der Waals surface area contributed by atoms with Crippen LogP contribution in [0, 0.1) is 6.92 Å². The molecule has 1 N–H and O–H groups in total. The molecule has 0 aliphatic heterocycles. The van der Waals surface area contributed by atoms with Crippen molar-refractivity contribution < 1.29 is 22.7 Å². The van der Waals surface area contributed by atoms with Crippen LogP contribution >= 0.6 is 11.3 Å². The maximum Gasteiger partial charge on any atom is 0.276 e. The lowest BCUT2D eigenvalue weighted by molar-refractivity contribution is 0.0985. The SMILES string of the molecule is COc1ccc(-c2nc(C)c(C(=O)NS(C)(=O)=O)s2)cc1OC. The molecule has 124 valence electrons. The fourth-order valence-corrected chi connectivity index (χ4v) is 3.38. The summed E-state index contributed by atoms with van der Waals surface area (Å²) in [6.45, 7) is 1.65. The van der Waals surface area contributed by atoms with Crippen LogP contribution < -0.4 is 14.2 Å². The largest absolute Gasteiger partial charge is 0.493 e. The van der Waals surface area contributed by atoms with Crippen molar-refractivity contribution in [1.82, 2.24) is 9.71 Å². The van der Waals surface area contributed by atoms with Crippen LogP contribution in [0.4, 0.5) is 0 Å². The molecule has 1 amide bonds. The van der Waals surface area contributed by atoms with Gasteiger partial charge in [-0.1, -0.05) is 0 Å². The third kappa shape index (κ3) is 3.99. The predicted octanol–water partition coefficient (Wildman–Crippen LogP) is 1.83. The molecule has 0 aliphatic rings. The van der Waals surface area contributed by atoms with Crippen molar-refractivity contribution in [2.24, 2.45) is 0 Å². The average molecular weight is 356 g/mol. The highest BCUT2D eigenvalue weighted by molar-refractivity contribution is 7.89. The summed E-state index contributed by atoms with van der Waals surface area (Å²) in [5, 5.41) is 0.585. The number of carbonyl (C=O) groups excluding carboxylic acids is 1. The lowest BCUT2D eigenvalue weighted by atomic mass is 10.2. The van der Waals surface area contributed by atoms with Crippen molar-refractivity contribution >= 4 is 27.3 Å². The van der Waals surface area contributed by atoms with E-state index in [2.05, 4.69) is 4.98 Å². The molecule has 0 bridgehead atoms. The number of methoxy groups -OCH3 is 2. The molecule has 1 aromatic heterocycles. The van der Waals surface area contributed by atoms with E-state index in [0.717, 1.165) is 23.2 Å². The summed E-state index contributed by atoms with van der Waals surface area (Å²) in [5.74, 6) is 0.439. The van der Waals surface area contributed by atoms with E-state index in [4.69, 9.17) is 9.47 Å². The molecule has 23 heavy (non-hydrogen) atoms. The summed E-state index contributed by atoms with van der Waals surface area (Å²) in [6, 6.07) is 5.27. The second-order valence-electron chi connectivity index (χ2n) is 4.71. The number of rotatable bonds is 5. The van der Waals surface area contributed by atoms with Crippen molar-refractivity contribution in [1.29, 1.82) is 0 Å². The van der Waals surface area contributed by atoms with Crippen LogP contribution in [0.2, 0.25) is 0 Å². The molecule has 0 atom stereocenters. The Bertz CT molecular complexity index is 843. The number of nitrogens with one attached hydrogen (secondary N) is 1. The van der Waals surface area contributed by atoms with E-state index < -0.39 is 15.9 Å². The van der Waals surface area contributed by atoms with E-state index in [1.165, 1.54) is 7.11 Å². The molecule has 9 heteroatoms. The Kier molecular flexibility index (Phi) is 4.90.